The topological polar surface area (TPSA) is 62.3 Å². The van der Waals surface area contributed by atoms with Gasteiger partial charge >= 0.3 is 0 Å². The number of carbonyl (C=O) groups excluding carboxylic acids is 2. The van der Waals surface area contributed by atoms with Gasteiger partial charge in [-0.05, 0) is 42.7 Å². The van der Waals surface area contributed by atoms with Crippen molar-refractivity contribution < 1.29 is 9.59 Å². The van der Waals surface area contributed by atoms with Crippen LogP contribution < -0.4 is 5.32 Å². The van der Waals surface area contributed by atoms with Gasteiger partial charge in [0.2, 0.25) is 11.8 Å². The molecule has 1 aliphatic rings. The Morgan fingerprint density at radius 3 is 2.77 bits per heavy atom. The summed E-state index contributed by atoms with van der Waals surface area (Å²) in [5, 5.41) is 5.43. The number of anilines is 1. The number of carbonyl (C=O) groups is 2. The minimum absolute atomic E-state index is 0.0926. The summed E-state index contributed by atoms with van der Waals surface area (Å²) >= 11 is 1.40. The van der Waals surface area contributed by atoms with E-state index < -0.39 is 0 Å². The zero-order valence-corrected chi connectivity index (χ0v) is 18.0. The second-order valence-electron chi connectivity index (χ2n) is 7.50. The molecule has 4 rings (SSSR count). The van der Waals surface area contributed by atoms with Crippen LogP contribution in [0.1, 0.15) is 41.6 Å². The normalized spacial score (nSPS) is 15.0. The van der Waals surface area contributed by atoms with Crippen molar-refractivity contribution in [2.45, 2.75) is 33.2 Å². The minimum atomic E-state index is -0.331. The molecule has 1 N–H and O–H groups in total. The summed E-state index contributed by atoms with van der Waals surface area (Å²) in [5.74, 6) is -0.261. The SMILES string of the molecule is CC(=O)N1C=Cc2ccccc2C1CC(=O)Nc1nc(-c2cc(C)ccc2C)cs1. The molecule has 2 heterocycles. The zero-order valence-electron chi connectivity index (χ0n) is 17.2. The molecule has 0 bridgehead atoms. The van der Waals surface area contributed by atoms with E-state index in [0.717, 1.165) is 27.9 Å². The van der Waals surface area contributed by atoms with Crippen LogP contribution in [0.25, 0.3) is 17.3 Å². The number of hydrogen-bond donors (Lipinski definition) is 1. The van der Waals surface area contributed by atoms with Crippen LogP contribution in [0, 0.1) is 13.8 Å². The summed E-state index contributed by atoms with van der Waals surface area (Å²) in [4.78, 5) is 31.2. The molecule has 0 fully saturated rings. The quantitative estimate of drug-likeness (QED) is 0.624. The van der Waals surface area contributed by atoms with Gasteiger partial charge in [-0.3, -0.25) is 9.59 Å². The maximum atomic E-state index is 12.8. The summed E-state index contributed by atoms with van der Waals surface area (Å²) < 4.78 is 0. The molecule has 1 atom stereocenters. The lowest BCUT2D eigenvalue weighted by atomic mass is 9.93. The lowest BCUT2D eigenvalue weighted by Gasteiger charge is -2.32. The predicted molar refractivity (Wildman–Crippen MR) is 121 cm³/mol. The summed E-state index contributed by atoms with van der Waals surface area (Å²) in [6.45, 7) is 5.62. The molecular formula is C24H23N3O2S. The van der Waals surface area contributed by atoms with Crippen molar-refractivity contribution in [3.63, 3.8) is 0 Å². The number of aryl methyl sites for hydroxylation is 2. The van der Waals surface area contributed by atoms with E-state index in [4.69, 9.17) is 0 Å². The van der Waals surface area contributed by atoms with Crippen LogP contribution in [-0.2, 0) is 9.59 Å². The van der Waals surface area contributed by atoms with E-state index in [-0.39, 0.29) is 24.3 Å². The van der Waals surface area contributed by atoms with E-state index in [1.807, 2.05) is 35.7 Å². The highest BCUT2D eigenvalue weighted by Crippen LogP contribution is 2.34. The van der Waals surface area contributed by atoms with E-state index >= 15 is 0 Å². The maximum absolute atomic E-state index is 12.8. The van der Waals surface area contributed by atoms with Gasteiger partial charge in [0.1, 0.15) is 0 Å². The first-order chi connectivity index (χ1) is 14.4. The summed E-state index contributed by atoms with van der Waals surface area (Å²) in [6.07, 6.45) is 3.83. The molecule has 0 saturated carbocycles. The van der Waals surface area contributed by atoms with E-state index in [9.17, 15) is 9.59 Å². The number of thiazole rings is 1. The average molecular weight is 418 g/mol. The number of amides is 2. The number of nitrogens with zero attached hydrogens (tertiary/aromatic N) is 2. The highest BCUT2D eigenvalue weighted by atomic mass is 32.1. The van der Waals surface area contributed by atoms with Crippen LogP contribution >= 0.6 is 11.3 Å². The summed E-state index contributed by atoms with van der Waals surface area (Å²) in [5.41, 5.74) is 6.24. The Kier molecular flexibility index (Phi) is 5.50. The molecule has 152 valence electrons. The van der Waals surface area contributed by atoms with Crippen molar-refractivity contribution in [2.24, 2.45) is 0 Å². The number of aromatic nitrogens is 1. The molecule has 0 aliphatic carbocycles. The van der Waals surface area contributed by atoms with Crippen LogP contribution in [0.15, 0.2) is 54.0 Å². The van der Waals surface area contributed by atoms with Crippen molar-refractivity contribution in [1.29, 1.82) is 0 Å². The molecule has 1 unspecified atom stereocenters. The number of benzene rings is 2. The Balaban J connectivity index is 1.52. The molecule has 0 saturated heterocycles. The highest BCUT2D eigenvalue weighted by Gasteiger charge is 2.28. The van der Waals surface area contributed by atoms with Crippen molar-refractivity contribution >= 4 is 34.4 Å². The van der Waals surface area contributed by atoms with Gasteiger partial charge in [0.05, 0.1) is 18.2 Å². The van der Waals surface area contributed by atoms with E-state index in [2.05, 4.69) is 42.3 Å². The van der Waals surface area contributed by atoms with Crippen LogP contribution in [0.4, 0.5) is 5.13 Å². The Bertz CT molecular complexity index is 1150. The monoisotopic (exact) mass is 417 g/mol. The Hall–Kier alpha value is -3.25. The average Bonchev–Trinajstić information content (AvgIpc) is 3.18. The van der Waals surface area contributed by atoms with Gasteiger partial charge in [0.25, 0.3) is 0 Å². The van der Waals surface area contributed by atoms with E-state index in [1.54, 1.807) is 11.1 Å². The lowest BCUT2D eigenvalue weighted by Crippen LogP contribution is -2.33. The maximum Gasteiger partial charge on any atom is 0.228 e. The summed E-state index contributed by atoms with van der Waals surface area (Å²) in [6, 6.07) is 13.8. The van der Waals surface area contributed by atoms with Crippen LogP contribution in [0.2, 0.25) is 0 Å². The summed E-state index contributed by atoms with van der Waals surface area (Å²) in [7, 11) is 0. The van der Waals surface area contributed by atoms with Gasteiger partial charge in [-0.15, -0.1) is 11.3 Å². The third-order valence-electron chi connectivity index (χ3n) is 5.27. The molecule has 1 aliphatic heterocycles. The molecule has 3 aromatic rings. The van der Waals surface area contributed by atoms with Crippen molar-refractivity contribution in [1.82, 2.24) is 9.88 Å². The third-order valence-corrected chi connectivity index (χ3v) is 6.03. The highest BCUT2D eigenvalue weighted by molar-refractivity contribution is 7.14. The van der Waals surface area contributed by atoms with Gasteiger partial charge in [-0.1, -0.05) is 42.0 Å². The third kappa shape index (κ3) is 4.04. The van der Waals surface area contributed by atoms with Crippen molar-refractivity contribution in [2.75, 3.05) is 5.32 Å². The van der Waals surface area contributed by atoms with Crippen LogP contribution in [0.5, 0.6) is 0 Å². The number of fused-ring (bicyclic) bond motifs is 1. The van der Waals surface area contributed by atoms with E-state index in [1.165, 1.54) is 23.8 Å². The Labute approximate surface area is 180 Å². The number of rotatable bonds is 4. The van der Waals surface area contributed by atoms with Crippen LogP contribution in [-0.4, -0.2) is 21.7 Å². The largest absolute Gasteiger partial charge is 0.311 e. The number of hydrogen-bond acceptors (Lipinski definition) is 4. The van der Waals surface area contributed by atoms with Crippen LogP contribution in [0.3, 0.4) is 0 Å². The lowest BCUT2D eigenvalue weighted by molar-refractivity contribution is -0.129. The van der Waals surface area contributed by atoms with Crippen molar-refractivity contribution in [3.8, 4) is 11.3 Å². The Morgan fingerprint density at radius 2 is 1.97 bits per heavy atom. The smallest absolute Gasteiger partial charge is 0.228 e. The molecule has 0 radical (unpaired) electrons. The first-order valence-corrected chi connectivity index (χ1v) is 10.7. The minimum Gasteiger partial charge on any atom is -0.311 e. The van der Waals surface area contributed by atoms with Gasteiger partial charge < -0.3 is 10.2 Å². The first-order valence-electron chi connectivity index (χ1n) is 9.81. The standard InChI is InChI=1S/C24H23N3O2S/c1-15-8-9-16(2)20(12-15)21-14-30-24(25-21)26-23(29)13-22-19-7-5-4-6-18(19)10-11-27(22)17(3)28/h4-12,14,22H,13H2,1-3H3,(H,25,26,29). The van der Waals surface area contributed by atoms with E-state index in [0.29, 0.717) is 5.13 Å². The van der Waals surface area contributed by atoms with Crippen molar-refractivity contribution in [3.05, 3.63) is 76.3 Å². The second-order valence-corrected chi connectivity index (χ2v) is 8.35. The second kappa shape index (κ2) is 8.24. The Morgan fingerprint density at radius 1 is 1.17 bits per heavy atom. The molecule has 2 amide bonds. The fourth-order valence-electron chi connectivity index (χ4n) is 3.73. The molecule has 1 aromatic heterocycles. The molecule has 0 spiro atoms. The van der Waals surface area contributed by atoms with Gasteiger partial charge in [0.15, 0.2) is 5.13 Å². The molecule has 6 heteroatoms. The molecule has 30 heavy (non-hydrogen) atoms. The van der Waals surface area contributed by atoms with Gasteiger partial charge in [-0.25, -0.2) is 4.98 Å². The fraction of sp³-hybridized carbons (Fsp3) is 0.208. The first kappa shape index (κ1) is 20.0. The predicted octanol–water partition coefficient (Wildman–Crippen LogP) is 5.33. The van der Waals surface area contributed by atoms with Gasteiger partial charge in [-0.2, -0.15) is 0 Å². The fourth-order valence-corrected chi connectivity index (χ4v) is 4.45. The van der Waals surface area contributed by atoms with Gasteiger partial charge in [0, 0.05) is 24.1 Å². The molecular weight excluding hydrogens is 394 g/mol. The molecule has 2 aromatic carbocycles. The molecule has 5 nitrogen and oxygen atoms in total. The number of nitrogens with one attached hydrogen (secondary N) is 1. The zero-order chi connectivity index (χ0) is 21.3.